The summed E-state index contributed by atoms with van der Waals surface area (Å²) in [7, 11) is -3.52. The maximum atomic E-state index is 12.3. The molecule has 106 valence electrons. The fourth-order valence-electron chi connectivity index (χ4n) is 2.02. The van der Waals surface area contributed by atoms with E-state index in [-0.39, 0.29) is 17.3 Å². The van der Waals surface area contributed by atoms with Crippen molar-refractivity contribution >= 4 is 27.3 Å². The number of nitrogens with zero attached hydrogens (tertiary/aromatic N) is 2. The van der Waals surface area contributed by atoms with Gasteiger partial charge in [-0.15, -0.1) is 11.3 Å². The molecule has 0 atom stereocenters. The standard InChI is InChI=1S/C11H16N2O4S2/c1-8-12-7-9(18-8)19(16,17)13-5-3-11(2,4-6-13)10(14)15/h7H,3-6H2,1-2H3,(H,14,15). The lowest BCUT2D eigenvalue weighted by atomic mass is 9.81. The number of carbonyl (C=O) groups is 1. The van der Waals surface area contributed by atoms with Crippen LogP contribution in [0.3, 0.4) is 0 Å². The number of carboxylic acids is 1. The lowest BCUT2D eigenvalue weighted by molar-refractivity contribution is -0.150. The number of rotatable bonds is 3. The normalized spacial score (nSPS) is 20.3. The van der Waals surface area contributed by atoms with Crippen LogP contribution in [0.2, 0.25) is 0 Å². The van der Waals surface area contributed by atoms with Gasteiger partial charge in [-0.3, -0.25) is 4.79 Å². The molecule has 2 rings (SSSR count). The summed E-state index contributed by atoms with van der Waals surface area (Å²) < 4.78 is 26.2. The molecule has 1 N–H and O–H groups in total. The average Bonchev–Trinajstić information content (AvgIpc) is 2.77. The molecule has 2 heterocycles. The Kier molecular flexibility index (Phi) is 3.67. The Morgan fingerprint density at radius 2 is 2.05 bits per heavy atom. The van der Waals surface area contributed by atoms with Gasteiger partial charge in [0.1, 0.15) is 0 Å². The van der Waals surface area contributed by atoms with Crippen LogP contribution in [0.1, 0.15) is 24.8 Å². The average molecular weight is 304 g/mol. The van der Waals surface area contributed by atoms with Gasteiger partial charge in [0.2, 0.25) is 0 Å². The monoisotopic (exact) mass is 304 g/mol. The number of thiazole rings is 1. The van der Waals surface area contributed by atoms with Gasteiger partial charge in [0.05, 0.1) is 16.6 Å². The minimum absolute atomic E-state index is 0.226. The predicted octanol–water partition coefficient (Wildman–Crippen LogP) is 1.33. The van der Waals surface area contributed by atoms with E-state index in [4.69, 9.17) is 5.11 Å². The zero-order valence-electron chi connectivity index (χ0n) is 10.8. The largest absolute Gasteiger partial charge is 0.481 e. The van der Waals surface area contributed by atoms with Crippen molar-refractivity contribution in [3.63, 3.8) is 0 Å². The number of aromatic nitrogens is 1. The third-order valence-corrected chi connectivity index (χ3v) is 6.78. The molecule has 0 saturated carbocycles. The number of carboxylic acid groups (broad SMARTS) is 1. The van der Waals surface area contributed by atoms with Crippen molar-refractivity contribution in [2.45, 2.75) is 30.9 Å². The molecule has 1 aliphatic heterocycles. The van der Waals surface area contributed by atoms with Gasteiger partial charge in [0.15, 0.2) is 4.21 Å². The maximum Gasteiger partial charge on any atom is 0.309 e. The molecule has 1 aromatic heterocycles. The first-order valence-electron chi connectivity index (χ1n) is 5.92. The van der Waals surface area contributed by atoms with E-state index in [1.165, 1.54) is 10.5 Å². The highest BCUT2D eigenvalue weighted by Crippen LogP contribution is 2.34. The van der Waals surface area contributed by atoms with Crippen molar-refractivity contribution in [2.75, 3.05) is 13.1 Å². The van der Waals surface area contributed by atoms with Crippen LogP contribution in [-0.4, -0.2) is 41.9 Å². The molecule has 0 amide bonds. The number of piperidine rings is 1. The third-order valence-electron chi connectivity index (χ3n) is 3.54. The number of hydrogen-bond donors (Lipinski definition) is 1. The van der Waals surface area contributed by atoms with Crippen molar-refractivity contribution < 1.29 is 18.3 Å². The van der Waals surface area contributed by atoms with Crippen molar-refractivity contribution in [1.29, 1.82) is 0 Å². The summed E-state index contributed by atoms with van der Waals surface area (Å²) in [6.07, 6.45) is 2.03. The van der Waals surface area contributed by atoms with Gasteiger partial charge >= 0.3 is 5.97 Å². The Balaban J connectivity index is 2.16. The molecule has 1 fully saturated rings. The number of aryl methyl sites for hydroxylation is 1. The summed E-state index contributed by atoms with van der Waals surface area (Å²) >= 11 is 1.14. The van der Waals surface area contributed by atoms with E-state index in [0.717, 1.165) is 11.3 Å². The van der Waals surface area contributed by atoms with Crippen LogP contribution in [0.4, 0.5) is 0 Å². The lowest BCUT2D eigenvalue weighted by Gasteiger charge is -2.35. The molecule has 19 heavy (non-hydrogen) atoms. The van der Waals surface area contributed by atoms with Gasteiger partial charge in [-0.2, -0.15) is 4.31 Å². The Hall–Kier alpha value is -0.990. The highest BCUT2D eigenvalue weighted by molar-refractivity contribution is 7.91. The van der Waals surface area contributed by atoms with E-state index in [9.17, 15) is 13.2 Å². The van der Waals surface area contributed by atoms with E-state index in [0.29, 0.717) is 17.8 Å². The Bertz CT molecular complexity index is 586. The van der Waals surface area contributed by atoms with Crippen LogP contribution >= 0.6 is 11.3 Å². The first kappa shape index (κ1) is 14.4. The first-order chi connectivity index (χ1) is 8.75. The molecule has 1 aliphatic rings. The summed E-state index contributed by atoms with van der Waals surface area (Å²) in [5.41, 5.74) is -0.824. The van der Waals surface area contributed by atoms with E-state index < -0.39 is 21.4 Å². The van der Waals surface area contributed by atoms with Crippen molar-refractivity contribution in [3.05, 3.63) is 11.2 Å². The molecule has 0 spiro atoms. The molecule has 0 radical (unpaired) electrons. The van der Waals surface area contributed by atoms with Gasteiger partial charge < -0.3 is 5.11 Å². The molecule has 0 unspecified atom stereocenters. The topological polar surface area (TPSA) is 87.6 Å². The number of aliphatic carboxylic acids is 1. The van der Waals surface area contributed by atoms with Crippen LogP contribution in [0.5, 0.6) is 0 Å². The SMILES string of the molecule is Cc1ncc(S(=O)(=O)N2CCC(C)(C(=O)O)CC2)s1. The second kappa shape index (κ2) is 4.84. The molecular formula is C11H16N2O4S2. The van der Waals surface area contributed by atoms with Crippen LogP contribution in [0.25, 0.3) is 0 Å². The van der Waals surface area contributed by atoms with Crippen LogP contribution in [0.15, 0.2) is 10.4 Å². The number of sulfonamides is 1. The first-order valence-corrected chi connectivity index (χ1v) is 8.17. The summed E-state index contributed by atoms with van der Waals surface area (Å²) in [5, 5.41) is 9.83. The summed E-state index contributed by atoms with van der Waals surface area (Å²) in [4.78, 5) is 15.1. The minimum atomic E-state index is -3.52. The highest BCUT2D eigenvalue weighted by Gasteiger charge is 2.40. The second-order valence-corrected chi connectivity index (χ2v) is 8.37. The molecule has 1 aromatic rings. The highest BCUT2D eigenvalue weighted by atomic mass is 32.2. The Morgan fingerprint density at radius 3 is 2.47 bits per heavy atom. The van der Waals surface area contributed by atoms with Crippen LogP contribution < -0.4 is 0 Å². The summed E-state index contributed by atoms with van der Waals surface area (Å²) in [5.74, 6) is -0.863. The van der Waals surface area contributed by atoms with Gasteiger partial charge in [0.25, 0.3) is 10.0 Å². The van der Waals surface area contributed by atoms with E-state index in [2.05, 4.69) is 4.98 Å². The third kappa shape index (κ3) is 2.65. The van der Waals surface area contributed by atoms with Crippen molar-refractivity contribution in [2.24, 2.45) is 5.41 Å². The van der Waals surface area contributed by atoms with Crippen molar-refractivity contribution in [1.82, 2.24) is 9.29 Å². The van der Waals surface area contributed by atoms with Crippen LogP contribution in [-0.2, 0) is 14.8 Å². The molecule has 0 aromatic carbocycles. The fraction of sp³-hybridized carbons (Fsp3) is 0.636. The van der Waals surface area contributed by atoms with E-state index >= 15 is 0 Å². The zero-order chi connectivity index (χ0) is 14.3. The van der Waals surface area contributed by atoms with Gasteiger partial charge in [-0.1, -0.05) is 0 Å². The maximum absolute atomic E-state index is 12.3. The lowest BCUT2D eigenvalue weighted by Crippen LogP contribution is -2.44. The predicted molar refractivity (Wildman–Crippen MR) is 70.6 cm³/mol. The van der Waals surface area contributed by atoms with Crippen molar-refractivity contribution in [3.8, 4) is 0 Å². The molecule has 6 nitrogen and oxygen atoms in total. The van der Waals surface area contributed by atoms with E-state index in [1.54, 1.807) is 13.8 Å². The zero-order valence-corrected chi connectivity index (χ0v) is 12.4. The summed E-state index contributed by atoms with van der Waals surface area (Å²) in [6, 6.07) is 0. The second-order valence-electron chi connectivity index (χ2n) is 4.97. The van der Waals surface area contributed by atoms with Crippen LogP contribution in [0, 0.1) is 12.3 Å². The molecule has 8 heteroatoms. The Morgan fingerprint density at radius 1 is 1.47 bits per heavy atom. The fourth-order valence-corrected chi connectivity index (χ4v) is 4.73. The van der Waals surface area contributed by atoms with Gasteiger partial charge in [-0.05, 0) is 26.7 Å². The Labute approximate surface area is 116 Å². The van der Waals surface area contributed by atoms with Gasteiger partial charge in [0, 0.05) is 13.1 Å². The minimum Gasteiger partial charge on any atom is -0.481 e. The quantitative estimate of drug-likeness (QED) is 0.910. The molecular weight excluding hydrogens is 288 g/mol. The van der Waals surface area contributed by atoms with E-state index in [1.807, 2.05) is 0 Å². The van der Waals surface area contributed by atoms with Gasteiger partial charge in [-0.25, -0.2) is 13.4 Å². The molecule has 0 aliphatic carbocycles. The molecule has 1 saturated heterocycles. The molecule has 0 bridgehead atoms. The summed E-state index contributed by atoms with van der Waals surface area (Å²) in [6.45, 7) is 3.89. The smallest absolute Gasteiger partial charge is 0.309 e. The number of hydrogen-bond acceptors (Lipinski definition) is 5.